The first-order chi connectivity index (χ1) is 17.6. The second-order valence-electron chi connectivity index (χ2n) is 8.01. The summed E-state index contributed by atoms with van der Waals surface area (Å²) in [5.41, 5.74) is 5.66. The molecule has 7 heteroatoms. The minimum absolute atomic E-state index is 0.182. The van der Waals surface area contributed by atoms with Gasteiger partial charge in [-0.25, -0.2) is 4.98 Å². The van der Waals surface area contributed by atoms with Crippen LogP contribution in [0.15, 0.2) is 101 Å². The Morgan fingerprint density at radius 2 is 1.64 bits per heavy atom. The van der Waals surface area contributed by atoms with Crippen LogP contribution in [-0.2, 0) is 0 Å². The number of rotatable bonds is 6. The minimum atomic E-state index is -0.321. The van der Waals surface area contributed by atoms with Gasteiger partial charge >= 0.3 is 0 Å². The predicted octanol–water partition coefficient (Wildman–Crippen LogP) is 6.69. The fourth-order valence-corrected chi connectivity index (χ4v) is 4.01. The van der Waals surface area contributed by atoms with E-state index in [1.807, 2.05) is 55.5 Å². The van der Waals surface area contributed by atoms with E-state index in [4.69, 9.17) is 21.4 Å². The van der Waals surface area contributed by atoms with Crippen molar-refractivity contribution in [1.29, 1.82) is 0 Å². The molecule has 1 amide bonds. The first kappa shape index (κ1) is 23.3. The molecule has 0 saturated heterocycles. The van der Waals surface area contributed by atoms with Gasteiger partial charge in [0.05, 0.1) is 6.61 Å². The Kier molecular flexibility index (Phi) is 6.73. The number of carbonyl (C=O) groups is 1. The molecule has 0 aliphatic heterocycles. The SMILES string of the molecule is CCOc1cccc(C(=O)NC(=S)Nc2ccc3oc(-c4ccc(-c5ccccc5)cc4)nc3c2)c1. The lowest BCUT2D eigenvalue weighted by molar-refractivity contribution is 0.0977. The Morgan fingerprint density at radius 1 is 0.889 bits per heavy atom. The molecule has 0 unspecified atom stereocenters. The number of oxazole rings is 1. The molecule has 0 aliphatic carbocycles. The van der Waals surface area contributed by atoms with Gasteiger partial charge in [-0.15, -0.1) is 0 Å². The average molecular weight is 494 g/mol. The van der Waals surface area contributed by atoms with E-state index in [0.29, 0.717) is 40.6 Å². The van der Waals surface area contributed by atoms with Crippen LogP contribution in [0.5, 0.6) is 5.75 Å². The average Bonchev–Trinajstić information content (AvgIpc) is 3.33. The van der Waals surface area contributed by atoms with Crippen molar-refractivity contribution in [2.75, 3.05) is 11.9 Å². The van der Waals surface area contributed by atoms with Gasteiger partial charge in [0.15, 0.2) is 10.7 Å². The van der Waals surface area contributed by atoms with E-state index in [-0.39, 0.29) is 11.0 Å². The molecular weight excluding hydrogens is 470 g/mol. The summed E-state index contributed by atoms with van der Waals surface area (Å²) in [6.07, 6.45) is 0. The van der Waals surface area contributed by atoms with Gasteiger partial charge in [0, 0.05) is 16.8 Å². The summed E-state index contributed by atoms with van der Waals surface area (Å²) in [4.78, 5) is 17.2. The lowest BCUT2D eigenvalue weighted by Gasteiger charge is -2.10. The second kappa shape index (κ2) is 10.4. The highest BCUT2D eigenvalue weighted by Gasteiger charge is 2.12. The predicted molar refractivity (Wildman–Crippen MR) is 146 cm³/mol. The van der Waals surface area contributed by atoms with Crippen LogP contribution in [0.4, 0.5) is 5.69 Å². The number of nitrogens with one attached hydrogen (secondary N) is 2. The number of benzene rings is 4. The summed E-state index contributed by atoms with van der Waals surface area (Å²) in [5.74, 6) is 0.843. The highest BCUT2D eigenvalue weighted by molar-refractivity contribution is 7.80. The van der Waals surface area contributed by atoms with Gasteiger partial charge in [-0.1, -0.05) is 48.5 Å². The smallest absolute Gasteiger partial charge is 0.257 e. The topological polar surface area (TPSA) is 76.4 Å². The maximum atomic E-state index is 12.6. The molecule has 1 heterocycles. The summed E-state index contributed by atoms with van der Waals surface area (Å²) >= 11 is 5.34. The molecule has 0 saturated carbocycles. The Bertz CT molecular complexity index is 1530. The first-order valence-electron chi connectivity index (χ1n) is 11.5. The van der Waals surface area contributed by atoms with Crippen LogP contribution in [0.1, 0.15) is 17.3 Å². The minimum Gasteiger partial charge on any atom is -0.494 e. The van der Waals surface area contributed by atoms with Crippen LogP contribution >= 0.6 is 12.2 Å². The normalized spacial score (nSPS) is 10.7. The molecule has 0 bridgehead atoms. The van der Waals surface area contributed by atoms with Gasteiger partial charge in [0.2, 0.25) is 5.89 Å². The highest BCUT2D eigenvalue weighted by Crippen LogP contribution is 2.28. The zero-order valence-corrected chi connectivity index (χ0v) is 20.3. The van der Waals surface area contributed by atoms with Gasteiger partial charge < -0.3 is 14.5 Å². The lowest BCUT2D eigenvalue weighted by atomic mass is 10.0. The van der Waals surface area contributed by atoms with Crippen molar-refractivity contribution >= 4 is 40.0 Å². The third-order valence-electron chi connectivity index (χ3n) is 5.52. The zero-order valence-electron chi connectivity index (χ0n) is 19.5. The largest absolute Gasteiger partial charge is 0.494 e. The van der Waals surface area contributed by atoms with Gasteiger partial charge in [0.25, 0.3) is 5.91 Å². The lowest BCUT2D eigenvalue weighted by Crippen LogP contribution is -2.34. The number of fused-ring (bicyclic) bond motifs is 1. The van der Waals surface area contributed by atoms with E-state index in [1.54, 1.807) is 24.3 Å². The van der Waals surface area contributed by atoms with Crippen molar-refractivity contribution in [2.45, 2.75) is 6.92 Å². The van der Waals surface area contributed by atoms with Crippen LogP contribution < -0.4 is 15.4 Å². The molecule has 6 nitrogen and oxygen atoms in total. The van der Waals surface area contributed by atoms with Crippen LogP contribution in [0, 0.1) is 0 Å². The number of thiocarbonyl (C=S) groups is 1. The maximum absolute atomic E-state index is 12.6. The van der Waals surface area contributed by atoms with Crippen molar-refractivity contribution in [3.8, 4) is 28.3 Å². The van der Waals surface area contributed by atoms with Crippen LogP contribution in [0.3, 0.4) is 0 Å². The molecule has 2 N–H and O–H groups in total. The quantitative estimate of drug-likeness (QED) is 0.257. The molecule has 1 aromatic heterocycles. The number of anilines is 1. The van der Waals surface area contributed by atoms with Crippen molar-refractivity contribution in [3.05, 3.63) is 103 Å². The van der Waals surface area contributed by atoms with Crippen LogP contribution in [-0.4, -0.2) is 22.6 Å². The van der Waals surface area contributed by atoms with Gasteiger partial charge in [-0.2, -0.15) is 0 Å². The van der Waals surface area contributed by atoms with Crippen molar-refractivity contribution < 1.29 is 13.9 Å². The highest BCUT2D eigenvalue weighted by atomic mass is 32.1. The van der Waals surface area contributed by atoms with Gasteiger partial charge in [-0.3, -0.25) is 10.1 Å². The number of ether oxygens (including phenoxy) is 1. The maximum Gasteiger partial charge on any atom is 0.257 e. The van der Waals surface area contributed by atoms with E-state index >= 15 is 0 Å². The Hall–Kier alpha value is -4.49. The molecule has 4 aromatic carbocycles. The molecule has 0 aliphatic rings. The summed E-state index contributed by atoms with van der Waals surface area (Å²) in [5, 5.41) is 5.91. The Balaban J connectivity index is 1.27. The zero-order chi connectivity index (χ0) is 24.9. The van der Waals surface area contributed by atoms with Crippen molar-refractivity contribution in [2.24, 2.45) is 0 Å². The number of carbonyl (C=O) groups excluding carboxylic acids is 1. The van der Waals surface area contributed by atoms with Crippen LogP contribution in [0.2, 0.25) is 0 Å². The molecule has 0 spiro atoms. The van der Waals surface area contributed by atoms with Gasteiger partial charge in [0.1, 0.15) is 11.3 Å². The fourth-order valence-electron chi connectivity index (χ4n) is 3.80. The molecule has 0 fully saturated rings. The third-order valence-corrected chi connectivity index (χ3v) is 5.72. The molecule has 0 atom stereocenters. The van der Waals surface area contributed by atoms with Crippen LogP contribution in [0.25, 0.3) is 33.7 Å². The first-order valence-corrected chi connectivity index (χ1v) is 11.9. The van der Waals surface area contributed by atoms with E-state index < -0.39 is 0 Å². The van der Waals surface area contributed by atoms with E-state index in [2.05, 4.69) is 39.9 Å². The molecular formula is C29H23N3O3S. The monoisotopic (exact) mass is 493 g/mol. The fraction of sp³-hybridized carbons (Fsp3) is 0.0690. The molecule has 5 rings (SSSR count). The molecule has 36 heavy (non-hydrogen) atoms. The third kappa shape index (κ3) is 5.26. The molecule has 5 aromatic rings. The van der Waals surface area contributed by atoms with E-state index in [9.17, 15) is 4.79 Å². The van der Waals surface area contributed by atoms with Gasteiger partial charge in [-0.05, 0) is 78.8 Å². The summed E-state index contributed by atoms with van der Waals surface area (Å²) < 4.78 is 11.4. The molecule has 178 valence electrons. The summed E-state index contributed by atoms with van der Waals surface area (Å²) in [6, 6.07) is 30.7. The number of amides is 1. The second-order valence-corrected chi connectivity index (χ2v) is 8.42. The summed E-state index contributed by atoms with van der Waals surface area (Å²) in [7, 11) is 0. The van der Waals surface area contributed by atoms with Crippen molar-refractivity contribution in [1.82, 2.24) is 10.3 Å². The standard InChI is InChI=1S/C29H23N3O3S/c1-2-34-24-10-6-9-22(17-24)27(33)32-29(36)30-23-15-16-26-25(18-23)31-28(35-26)21-13-11-20(12-14-21)19-7-4-3-5-8-19/h3-18H,2H2,1H3,(H2,30,32,33,36). The van der Waals surface area contributed by atoms with E-state index in [1.165, 1.54) is 0 Å². The Labute approximate surface area is 213 Å². The number of aromatic nitrogens is 1. The summed E-state index contributed by atoms with van der Waals surface area (Å²) in [6.45, 7) is 2.42. The Morgan fingerprint density at radius 3 is 2.42 bits per heavy atom. The number of hydrogen-bond acceptors (Lipinski definition) is 5. The van der Waals surface area contributed by atoms with Crippen molar-refractivity contribution in [3.63, 3.8) is 0 Å². The number of hydrogen-bond donors (Lipinski definition) is 2. The van der Waals surface area contributed by atoms with E-state index in [0.717, 1.165) is 16.7 Å². The number of nitrogens with zero attached hydrogens (tertiary/aromatic N) is 1. The molecule has 0 radical (unpaired) electrons.